The molecule has 1 N–H and O–H groups in total. The molecule has 108 valence electrons. The molecule has 0 bridgehead atoms. The van der Waals surface area contributed by atoms with E-state index in [1.165, 1.54) is 25.8 Å². The fourth-order valence-electron chi connectivity index (χ4n) is 3.42. The molecule has 2 saturated heterocycles. The Morgan fingerprint density at radius 1 is 1.22 bits per heavy atom. The molecule has 18 heavy (non-hydrogen) atoms. The van der Waals surface area contributed by atoms with Crippen LogP contribution in [-0.4, -0.2) is 41.4 Å². The van der Waals surface area contributed by atoms with Gasteiger partial charge in [-0.1, -0.05) is 6.42 Å². The number of likely N-dealkylation sites (tertiary alicyclic amines) is 1. The third kappa shape index (κ3) is 3.19. The summed E-state index contributed by atoms with van der Waals surface area (Å²) in [5.74, 6) is 0. The minimum Gasteiger partial charge on any atom is -0.357 e. The predicted molar refractivity (Wildman–Crippen MR) is 78.3 cm³/mol. The van der Waals surface area contributed by atoms with E-state index in [2.05, 4.69) is 44.8 Å². The summed E-state index contributed by atoms with van der Waals surface area (Å²) >= 11 is 0. The highest BCUT2D eigenvalue weighted by Crippen LogP contribution is 2.34. The van der Waals surface area contributed by atoms with E-state index >= 15 is 0 Å². The smallest absolute Gasteiger partial charge is 0.132 e. The number of rotatable bonds is 2. The summed E-state index contributed by atoms with van der Waals surface area (Å²) in [5.41, 5.74) is -0.0664. The Bertz CT molecular complexity index is 283. The van der Waals surface area contributed by atoms with E-state index in [0.717, 1.165) is 6.61 Å². The van der Waals surface area contributed by atoms with Gasteiger partial charge >= 0.3 is 0 Å². The number of piperidine rings is 1. The van der Waals surface area contributed by atoms with Gasteiger partial charge in [-0.25, -0.2) is 0 Å². The molecule has 0 aromatic rings. The third-order valence-corrected chi connectivity index (χ3v) is 4.16. The molecule has 0 radical (unpaired) electrons. The normalized spacial score (nSPS) is 36.7. The van der Waals surface area contributed by atoms with Gasteiger partial charge in [0.25, 0.3) is 0 Å². The lowest BCUT2D eigenvalue weighted by Crippen LogP contribution is -2.62. The standard InChI is InChI=1S/C14H28N2O.ClH/c1-11(2)16-9-7-6-8-12(16)14(5)15-13(3,4)10-17-14;/h11-12,15H,6-10H2,1-5H3;1H. The first kappa shape index (κ1) is 16.2. The molecule has 2 aliphatic rings. The summed E-state index contributed by atoms with van der Waals surface area (Å²) in [5, 5.41) is 3.70. The third-order valence-electron chi connectivity index (χ3n) is 4.16. The zero-order chi connectivity index (χ0) is 12.7. The highest BCUT2D eigenvalue weighted by molar-refractivity contribution is 5.85. The molecule has 2 aliphatic heterocycles. The van der Waals surface area contributed by atoms with Gasteiger partial charge in [0.2, 0.25) is 0 Å². The van der Waals surface area contributed by atoms with Crippen molar-refractivity contribution in [2.24, 2.45) is 0 Å². The fourth-order valence-corrected chi connectivity index (χ4v) is 3.42. The lowest BCUT2D eigenvalue weighted by atomic mass is 9.91. The van der Waals surface area contributed by atoms with Crippen molar-refractivity contribution in [2.75, 3.05) is 13.2 Å². The lowest BCUT2D eigenvalue weighted by molar-refractivity contribution is -0.0865. The van der Waals surface area contributed by atoms with Crippen molar-refractivity contribution in [1.29, 1.82) is 0 Å². The molecular formula is C14H29ClN2O. The second kappa shape index (κ2) is 5.66. The van der Waals surface area contributed by atoms with Crippen LogP contribution in [0.4, 0.5) is 0 Å². The number of hydrogen-bond donors (Lipinski definition) is 1. The van der Waals surface area contributed by atoms with Crippen LogP contribution in [0.5, 0.6) is 0 Å². The molecule has 2 unspecified atom stereocenters. The zero-order valence-electron chi connectivity index (χ0n) is 12.5. The van der Waals surface area contributed by atoms with Gasteiger partial charge in [0.1, 0.15) is 5.72 Å². The molecule has 0 aromatic carbocycles. The summed E-state index contributed by atoms with van der Waals surface area (Å²) in [4.78, 5) is 2.61. The van der Waals surface area contributed by atoms with Gasteiger partial charge in [0, 0.05) is 11.6 Å². The number of nitrogens with zero attached hydrogens (tertiary/aromatic N) is 1. The van der Waals surface area contributed by atoms with Crippen LogP contribution >= 0.6 is 12.4 Å². The molecule has 0 aliphatic carbocycles. The number of hydrogen-bond acceptors (Lipinski definition) is 3. The second-order valence-corrected chi connectivity index (χ2v) is 6.75. The van der Waals surface area contributed by atoms with Gasteiger partial charge in [-0.2, -0.15) is 0 Å². The van der Waals surface area contributed by atoms with Crippen molar-refractivity contribution in [3.8, 4) is 0 Å². The predicted octanol–water partition coefficient (Wildman–Crippen LogP) is 2.79. The maximum atomic E-state index is 6.12. The topological polar surface area (TPSA) is 24.5 Å². The van der Waals surface area contributed by atoms with Crippen LogP contribution in [0.25, 0.3) is 0 Å². The summed E-state index contributed by atoms with van der Waals surface area (Å²) < 4.78 is 6.12. The molecule has 2 heterocycles. The number of nitrogens with one attached hydrogen (secondary N) is 1. The molecule has 2 fully saturated rings. The van der Waals surface area contributed by atoms with Gasteiger partial charge in [-0.15, -0.1) is 12.4 Å². The highest BCUT2D eigenvalue weighted by Gasteiger charge is 2.48. The van der Waals surface area contributed by atoms with Crippen molar-refractivity contribution < 1.29 is 4.74 Å². The minimum atomic E-state index is -0.172. The van der Waals surface area contributed by atoms with Gasteiger partial charge < -0.3 is 4.74 Å². The Balaban J connectivity index is 0.00000162. The van der Waals surface area contributed by atoms with Crippen molar-refractivity contribution in [3.63, 3.8) is 0 Å². The van der Waals surface area contributed by atoms with Crippen molar-refractivity contribution in [2.45, 2.75) is 77.2 Å². The van der Waals surface area contributed by atoms with E-state index in [0.29, 0.717) is 12.1 Å². The molecule has 0 spiro atoms. The van der Waals surface area contributed by atoms with E-state index in [1.54, 1.807) is 0 Å². The van der Waals surface area contributed by atoms with E-state index < -0.39 is 0 Å². The first-order valence-corrected chi connectivity index (χ1v) is 7.03. The van der Waals surface area contributed by atoms with Gasteiger partial charge in [-0.05, 0) is 54.0 Å². The summed E-state index contributed by atoms with van der Waals surface area (Å²) in [6.45, 7) is 13.3. The SMILES string of the molecule is CC(C)N1CCCCC1C1(C)NC(C)(C)CO1.Cl. The average Bonchev–Trinajstić information content (AvgIpc) is 2.54. The quantitative estimate of drug-likeness (QED) is 0.839. The second-order valence-electron chi connectivity index (χ2n) is 6.75. The molecular weight excluding hydrogens is 248 g/mol. The summed E-state index contributed by atoms with van der Waals surface area (Å²) in [6, 6.07) is 1.12. The maximum absolute atomic E-state index is 6.12. The Labute approximate surface area is 118 Å². The molecule has 2 atom stereocenters. The average molecular weight is 277 g/mol. The maximum Gasteiger partial charge on any atom is 0.132 e. The Kier molecular flexibility index (Phi) is 5.10. The molecule has 0 amide bonds. The molecule has 0 saturated carbocycles. The van der Waals surface area contributed by atoms with Crippen LogP contribution < -0.4 is 5.32 Å². The minimum absolute atomic E-state index is 0. The largest absolute Gasteiger partial charge is 0.357 e. The molecule has 4 heteroatoms. The monoisotopic (exact) mass is 276 g/mol. The van der Waals surface area contributed by atoms with Crippen molar-refractivity contribution in [3.05, 3.63) is 0 Å². The number of halogens is 1. The van der Waals surface area contributed by atoms with Gasteiger partial charge in [-0.3, -0.25) is 10.2 Å². The number of ether oxygens (including phenoxy) is 1. The fraction of sp³-hybridized carbons (Fsp3) is 1.00. The zero-order valence-corrected chi connectivity index (χ0v) is 13.3. The van der Waals surface area contributed by atoms with Crippen LogP contribution in [-0.2, 0) is 4.74 Å². The van der Waals surface area contributed by atoms with Crippen LogP contribution in [0.15, 0.2) is 0 Å². The Morgan fingerprint density at radius 3 is 2.39 bits per heavy atom. The molecule has 0 aromatic heterocycles. The summed E-state index contributed by atoms with van der Waals surface area (Å²) in [6.07, 6.45) is 3.90. The van der Waals surface area contributed by atoms with Gasteiger partial charge in [0.15, 0.2) is 0 Å². The van der Waals surface area contributed by atoms with Crippen LogP contribution in [0, 0.1) is 0 Å². The van der Waals surface area contributed by atoms with Crippen LogP contribution in [0.2, 0.25) is 0 Å². The Hall–Kier alpha value is 0.170. The van der Waals surface area contributed by atoms with E-state index in [4.69, 9.17) is 4.74 Å². The van der Waals surface area contributed by atoms with E-state index in [9.17, 15) is 0 Å². The Morgan fingerprint density at radius 2 is 1.89 bits per heavy atom. The van der Waals surface area contributed by atoms with Crippen LogP contribution in [0.3, 0.4) is 0 Å². The van der Waals surface area contributed by atoms with Gasteiger partial charge in [0.05, 0.1) is 12.6 Å². The van der Waals surface area contributed by atoms with E-state index in [-0.39, 0.29) is 23.7 Å². The molecule has 2 rings (SSSR count). The molecule has 3 nitrogen and oxygen atoms in total. The highest BCUT2D eigenvalue weighted by atomic mass is 35.5. The summed E-state index contributed by atoms with van der Waals surface area (Å²) in [7, 11) is 0. The van der Waals surface area contributed by atoms with Crippen molar-refractivity contribution in [1.82, 2.24) is 10.2 Å². The lowest BCUT2D eigenvalue weighted by Gasteiger charge is -2.46. The first-order valence-electron chi connectivity index (χ1n) is 7.03. The first-order chi connectivity index (χ1) is 7.84. The van der Waals surface area contributed by atoms with E-state index in [1.807, 2.05) is 0 Å². The van der Waals surface area contributed by atoms with Crippen molar-refractivity contribution >= 4 is 12.4 Å². The van der Waals surface area contributed by atoms with Crippen LogP contribution in [0.1, 0.15) is 53.9 Å².